The average molecular weight is 272 g/mol. The summed E-state index contributed by atoms with van der Waals surface area (Å²) < 4.78 is 16.3. The summed E-state index contributed by atoms with van der Waals surface area (Å²) in [6.07, 6.45) is 1.82. The molecule has 0 saturated carbocycles. The Hall–Kier alpha value is -2.14. The Bertz CT molecular complexity index is 638. The van der Waals surface area contributed by atoms with E-state index in [1.807, 2.05) is 25.1 Å². The number of pyridine rings is 2. The number of fused-ring (bicyclic) bond motifs is 1. The molecule has 20 heavy (non-hydrogen) atoms. The van der Waals surface area contributed by atoms with Crippen LogP contribution < -0.4 is 4.74 Å². The van der Waals surface area contributed by atoms with Crippen molar-refractivity contribution in [3.05, 3.63) is 36.5 Å². The maximum absolute atomic E-state index is 5.72. The fourth-order valence-corrected chi connectivity index (χ4v) is 2.00. The first-order chi connectivity index (χ1) is 9.78. The zero-order valence-corrected chi connectivity index (χ0v) is 11.3. The third kappa shape index (κ3) is 2.44. The normalized spacial score (nSPS) is 14.8. The van der Waals surface area contributed by atoms with E-state index in [1.54, 1.807) is 6.20 Å². The van der Waals surface area contributed by atoms with Gasteiger partial charge in [-0.1, -0.05) is 6.58 Å². The molecule has 2 aromatic rings. The molecule has 0 aliphatic carbocycles. The second kappa shape index (κ2) is 5.46. The van der Waals surface area contributed by atoms with E-state index in [9.17, 15) is 0 Å². The van der Waals surface area contributed by atoms with Gasteiger partial charge in [-0.05, 0) is 19.1 Å². The standard InChI is InChI=1S/C15H16N2O3/c1-3-19-10(2)12-6-7-16-13-4-5-14(17-15(12)13)20-11-8-18-9-11/h4-7,11H,2-3,8-9H2,1H3. The van der Waals surface area contributed by atoms with Gasteiger partial charge < -0.3 is 14.2 Å². The van der Waals surface area contributed by atoms with Gasteiger partial charge in [-0.25, -0.2) is 4.98 Å². The minimum Gasteiger partial charge on any atom is -0.494 e. The first-order valence-corrected chi connectivity index (χ1v) is 6.60. The van der Waals surface area contributed by atoms with Gasteiger partial charge in [-0.15, -0.1) is 0 Å². The smallest absolute Gasteiger partial charge is 0.214 e. The molecule has 1 saturated heterocycles. The van der Waals surface area contributed by atoms with Crippen LogP contribution in [0.1, 0.15) is 12.5 Å². The highest BCUT2D eigenvalue weighted by molar-refractivity contribution is 5.86. The van der Waals surface area contributed by atoms with E-state index in [-0.39, 0.29) is 6.10 Å². The highest BCUT2D eigenvalue weighted by Gasteiger charge is 2.21. The van der Waals surface area contributed by atoms with E-state index in [1.165, 1.54) is 0 Å². The van der Waals surface area contributed by atoms with E-state index in [2.05, 4.69) is 16.5 Å². The Kier molecular flexibility index (Phi) is 3.52. The zero-order valence-electron chi connectivity index (χ0n) is 11.3. The number of aromatic nitrogens is 2. The molecule has 2 aromatic heterocycles. The van der Waals surface area contributed by atoms with Crippen molar-refractivity contribution in [3.63, 3.8) is 0 Å². The Morgan fingerprint density at radius 2 is 2.25 bits per heavy atom. The Balaban J connectivity index is 1.96. The molecule has 1 fully saturated rings. The molecule has 0 spiro atoms. The van der Waals surface area contributed by atoms with Crippen LogP contribution in [0.5, 0.6) is 5.88 Å². The zero-order chi connectivity index (χ0) is 13.9. The van der Waals surface area contributed by atoms with Gasteiger partial charge in [0.15, 0.2) is 0 Å². The van der Waals surface area contributed by atoms with Crippen molar-refractivity contribution in [2.75, 3.05) is 19.8 Å². The molecular formula is C15H16N2O3. The molecule has 0 amide bonds. The summed E-state index contributed by atoms with van der Waals surface area (Å²) >= 11 is 0. The first-order valence-electron chi connectivity index (χ1n) is 6.60. The fourth-order valence-electron chi connectivity index (χ4n) is 2.00. The number of rotatable bonds is 5. The highest BCUT2D eigenvalue weighted by atomic mass is 16.6. The predicted octanol–water partition coefficient (Wildman–Crippen LogP) is 2.41. The van der Waals surface area contributed by atoms with E-state index >= 15 is 0 Å². The van der Waals surface area contributed by atoms with Gasteiger partial charge in [0.2, 0.25) is 5.88 Å². The summed E-state index contributed by atoms with van der Waals surface area (Å²) in [4.78, 5) is 8.82. The number of hydrogen-bond acceptors (Lipinski definition) is 5. The lowest BCUT2D eigenvalue weighted by molar-refractivity contribution is -0.0812. The number of hydrogen-bond donors (Lipinski definition) is 0. The Labute approximate surface area is 117 Å². The molecule has 0 radical (unpaired) electrons. The minimum atomic E-state index is 0.0927. The molecule has 1 aliphatic rings. The lowest BCUT2D eigenvalue weighted by atomic mass is 10.2. The van der Waals surface area contributed by atoms with Crippen molar-refractivity contribution in [2.24, 2.45) is 0 Å². The molecule has 0 unspecified atom stereocenters. The van der Waals surface area contributed by atoms with Crippen molar-refractivity contribution in [2.45, 2.75) is 13.0 Å². The molecule has 5 nitrogen and oxygen atoms in total. The van der Waals surface area contributed by atoms with Gasteiger partial charge in [0.25, 0.3) is 0 Å². The topological polar surface area (TPSA) is 53.5 Å². The van der Waals surface area contributed by atoms with Gasteiger partial charge in [0, 0.05) is 17.8 Å². The molecule has 5 heteroatoms. The third-order valence-electron chi connectivity index (χ3n) is 3.07. The largest absolute Gasteiger partial charge is 0.494 e. The van der Waals surface area contributed by atoms with Crippen LogP contribution in [-0.2, 0) is 9.47 Å². The van der Waals surface area contributed by atoms with Gasteiger partial charge in [-0.2, -0.15) is 0 Å². The molecule has 0 bridgehead atoms. The van der Waals surface area contributed by atoms with Crippen LogP contribution in [-0.4, -0.2) is 35.9 Å². The van der Waals surface area contributed by atoms with Crippen LogP contribution in [0.4, 0.5) is 0 Å². The maximum Gasteiger partial charge on any atom is 0.214 e. The van der Waals surface area contributed by atoms with Crippen molar-refractivity contribution < 1.29 is 14.2 Å². The van der Waals surface area contributed by atoms with Crippen LogP contribution in [0, 0.1) is 0 Å². The maximum atomic E-state index is 5.72. The number of nitrogens with zero attached hydrogens (tertiary/aromatic N) is 2. The van der Waals surface area contributed by atoms with E-state index in [4.69, 9.17) is 14.2 Å². The molecule has 104 valence electrons. The lowest BCUT2D eigenvalue weighted by Crippen LogP contribution is -2.38. The molecule has 3 rings (SSSR count). The van der Waals surface area contributed by atoms with Gasteiger partial charge in [0.05, 0.1) is 25.3 Å². The summed E-state index contributed by atoms with van der Waals surface area (Å²) in [6, 6.07) is 5.56. The predicted molar refractivity (Wildman–Crippen MR) is 75.4 cm³/mol. The van der Waals surface area contributed by atoms with Gasteiger partial charge in [0.1, 0.15) is 17.4 Å². The van der Waals surface area contributed by atoms with E-state index in [0.29, 0.717) is 31.5 Å². The first kappa shape index (κ1) is 12.9. The van der Waals surface area contributed by atoms with Crippen molar-refractivity contribution >= 4 is 16.8 Å². The van der Waals surface area contributed by atoms with Crippen LogP contribution in [0.15, 0.2) is 31.0 Å². The van der Waals surface area contributed by atoms with Crippen molar-refractivity contribution in [1.29, 1.82) is 0 Å². The summed E-state index contributed by atoms with van der Waals surface area (Å²) in [7, 11) is 0. The van der Waals surface area contributed by atoms with Crippen LogP contribution in [0.3, 0.4) is 0 Å². The third-order valence-corrected chi connectivity index (χ3v) is 3.07. The lowest BCUT2D eigenvalue weighted by Gasteiger charge is -2.26. The van der Waals surface area contributed by atoms with E-state index < -0.39 is 0 Å². The van der Waals surface area contributed by atoms with Crippen molar-refractivity contribution in [1.82, 2.24) is 9.97 Å². The SMILES string of the molecule is C=C(OCC)c1ccnc2ccc(OC3COC3)nc12. The van der Waals surface area contributed by atoms with Gasteiger partial charge >= 0.3 is 0 Å². The molecular weight excluding hydrogens is 256 g/mol. The molecule has 0 N–H and O–H groups in total. The molecule has 0 atom stereocenters. The minimum absolute atomic E-state index is 0.0927. The Morgan fingerprint density at radius 3 is 2.95 bits per heavy atom. The summed E-state index contributed by atoms with van der Waals surface area (Å²) in [5.41, 5.74) is 2.37. The number of ether oxygens (including phenoxy) is 3. The summed E-state index contributed by atoms with van der Waals surface area (Å²) in [6.45, 7) is 7.66. The summed E-state index contributed by atoms with van der Waals surface area (Å²) in [5.74, 6) is 1.17. The molecule has 0 aromatic carbocycles. The highest BCUT2D eigenvalue weighted by Crippen LogP contribution is 2.24. The second-order valence-corrected chi connectivity index (χ2v) is 4.51. The van der Waals surface area contributed by atoms with Gasteiger partial charge in [-0.3, -0.25) is 4.98 Å². The average Bonchev–Trinajstić information content (AvgIpc) is 2.42. The quantitative estimate of drug-likeness (QED) is 0.782. The van der Waals surface area contributed by atoms with Crippen LogP contribution in [0.25, 0.3) is 16.8 Å². The molecule has 1 aliphatic heterocycles. The fraction of sp³-hybridized carbons (Fsp3) is 0.333. The summed E-state index contributed by atoms with van der Waals surface area (Å²) in [5, 5.41) is 0. The van der Waals surface area contributed by atoms with Crippen LogP contribution in [0.2, 0.25) is 0 Å². The monoisotopic (exact) mass is 272 g/mol. The van der Waals surface area contributed by atoms with Crippen molar-refractivity contribution in [3.8, 4) is 5.88 Å². The molecule has 3 heterocycles. The van der Waals surface area contributed by atoms with Crippen LogP contribution >= 0.6 is 0 Å². The second-order valence-electron chi connectivity index (χ2n) is 4.51. The Morgan fingerprint density at radius 1 is 1.40 bits per heavy atom. The van der Waals surface area contributed by atoms with E-state index in [0.717, 1.165) is 16.6 Å².